The number of hydrogen-bond donors (Lipinski definition) is 1. The van der Waals surface area contributed by atoms with Gasteiger partial charge in [-0.25, -0.2) is 0 Å². The molecule has 0 amide bonds. The van der Waals surface area contributed by atoms with E-state index in [1.807, 2.05) is 6.07 Å². The number of benzene rings is 2. The highest BCUT2D eigenvalue weighted by molar-refractivity contribution is 5.84. The van der Waals surface area contributed by atoms with E-state index in [1.54, 1.807) is 12.1 Å². The molecule has 0 unspecified atom stereocenters. The lowest BCUT2D eigenvalue weighted by atomic mass is 9.47. The van der Waals surface area contributed by atoms with Crippen molar-refractivity contribution in [2.45, 2.75) is 37.6 Å². The smallest absolute Gasteiger partial charge is 0.116 e. The first-order valence-corrected chi connectivity index (χ1v) is 8.98. The molecule has 4 nitrogen and oxygen atoms in total. The summed E-state index contributed by atoms with van der Waals surface area (Å²) in [6.45, 7) is 0. The first-order chi connectivity index (χ1) is 11.7. The topological polar surface area (TPSA) is 69.0 Å². The molecule has 4 fully saturated rings. The van der Waals surface area contributed by atoms with Crippen LogP contribution in [0.4, 0.5) is 0 Å². The number of fused-ring (bicyclic) bond motifs is 1. The summed E-state index contributed by atoms with van der Waals surface area (Å²) >= 11 is 0. The molecular weight excluding hydrogens is 298 g/mol. The van der Waals surface area contributed by atoms with E-state index in [4.69, 9.17) is 0 Å². The number of nitrogens with zero attached hydrogens (tertiary/aromatic N) is 3. The first kappa shape index (κ1) is 14.2. The van der Waals surface area contributed by atoms with E-state index in [-0.39, 0.29) is 11.3 Å². The van der Waals surface area contributed by atoms with Gasteiger partial charge in [0.2, 0.25) is 0 Å². The summed E-state index contributed by atoms with van der Waals surface area (Å²) in [5.74, 6) is 2.94. The van der Waals surface area contributed by atoms with Crippen molar-refractivity contribution in [3.63, 3.8) is 0 Å². The van der Waals surface area contributed by atoms with Gasteiger partial charge in [-0.3, -0.25) is 0 Å². The minimum Gasteiger partial charge on any atom is -0.508 e. The number of rotatable bonds is 2. The lowest BCUT2D eigenvalue weighted by molar-refractivity contribution is -0.0579. The van der Waals surface area contributed by atoms with Gasteiger partial charge in [0.25, 0.3) is 0 Å². The van der Waals surface area contributed by atoms with Crippen LogP contribution in [0.1, 0.15) is 37.7 Å². The van der Waals surface area contributed by atoms with Gasteiger partial charge < -0.3 is 5.11 Å². The monoisotopic (exact) mass is 319 g/mol. The highest BCUT2D eigenvalue weighted by Gasteiger charge is 2.57. The van der Waals surface area contributed by atoms with Crippen LogP contribution in [0.3, 0.4) is 0 Å². The van der Waals surface area contributed by atoms with E-state index in [9.17, 15) is 10.6 Å². The minimum absolute atomic E-state index is 0.287. The Morgan fingerprint density at radius 2 is 1.54 bits per heavy atom. The lowest BCUT2D eigenvalue weighted by Crippen LogP contribution is -2.54. The third-order valence-electron chi connectivity index (χ3n) is 6.88. The molecule has 1 N–H and O–H groups in total. The summed E-state index contributed by atoms with van der Waals surface area (Å²) in [5, 5.41) is 16.3. The predicted octanol–water partition coefficient (Wildman–Crippen LogP) is 5.51. The molecule has 122 valence electrons. The Bertz CT molecular complexity index is 840. The van der Waals surface area contributed by atoms with Crippen LogP contribution in [0.15, 0.2) is 41.5 Å². The quantitative estimate of drug-likeness (QED) is 0.443. The van der Waals surface area contributed by atoms with Crippen molar-refractivity contribution in [2.75, 3.05) is 0 Å². The molecule has 24 heavy (non-hydrogen) atoms. The van der Waals surface area contributed by atoms with Crippen LogP contribution in [0.2, 0.25) is 0 Å². The number of aromatic hydroxyl groups is 1. The van der Waals surface area contributed by atoms with E-state index in [0.717, 1.165) is 22.6 Å². The molecule has 0 saturated heterocycles. The molecule has 0 atom stereocenters. The average Bonchev–Trinajstić information content (AvgIpc) is 2.57. The van der Waals surface area contributed by atoms with Crippen molar-refractivity contribution in [3.8, 4) is 5.75 Å². The summed E-state index contributed by atoms with van der Waals surface area (Å²) in [5.41, 5.74) is 10.2. The van der Waals surface area contributed by atoms with E-state index >= 15 is 0 Å². The van der Waals surface area contributed by atoms with Crippen molar-refractivity contribution in [3.05, 3.63) is 52.4 Å². The molecule has 6 rings (SSSR count). The molecule has 2 aromatic carbocycles. The first-order valence-electron chi connectivity index (χ1n) is 8.98. The molecule has 4 heteroatoms. The average molecular weight is 319 g/mol. The third kappa shape index (κ3) is 1.83. The van der Waals surface area contributed by atoms with Crippen LogP contribution >= 0.6 is 0 Å². The van der Waals surface area contributed by atoms with Gasteiger partial charge in [-0.1, -0.05) is 29.4 Å². The molecule has 0 aliphatic heterocycles. The van der Waals surface area contributed by atoms with Crippen LogP contribution in [-0.4, -0.2) is 5.11 Å². The van der Waals surface area contributed by atoms with Gasteiger partial charge in [0, 0.05) is 4.91 Å². The van der Waals surface area contributed by atoms with Gasteiger partial charge in [0.05, 0.1) is 5.54 Å². The maximum atomic E-state index is 9.68. The zero-order valence-corrected chi connectivity index (χ0v) is 13.6. The van der Waals surface area contributed by atoms with Gasteiger partial charge in [0.1, 0.15) is 5.75 Å². The number of azide groups is 1. The van der Waals surface area contributed by atoms with Gasteiger partial charge >= 0.3 is 0 Å². The van der Waals surface area contributed by atoms with Gasteiger partial charge in [-0.15, -0.1) is 0 Å². The van der Waals surface area contributed by atoms with Crippen molar-refractivity contribution < 1.29 is 5.11 Å². The Morgan fingerprint density at radius 3 is 2.21 bits per heavy atom. The fourth-order valence-electron chi connectivity index (χ4n) is 6.15. The second-order valence-corrected chi connectivity index (χ2v) is 8.07. The normalized spacial score (nSPS) is 36.7. The fraction of sp³-hybridized carbons (Fsp3) is 0.500. The molecule has 4 aliphatic rings. The summed E-state index contributed by atoms with van der Waals surface area (Å²) in [7, 11) is 0. The lowest BCUT2D eigenvalue weighted by Gasteiger charge is -2.59. The summed E-state index contributed by atoms with van der Waals surface area (Å²) in [4.78, 5) is 3.31. The third-order valence-corrected chi connectivity index (χ3v) is 6.88. The van der Waals surface area contributed by atoms with Gasteiger partial charge in [-0.2, -0.15) is 0 Å². The van der Waals surface area contributed by atoms with Crippen LogP contribution < -0.4 is 0 Å². The molecule has 4 saturated carbocycles. The fourth-order valence-corrected chi connectivity index (χ4v) is 6.15. The van der Waals surface area contributed by atoms with Crippen LogP contribution in [0.5, 0.6) is 5.75 Å². The highest BCUT2D eigenvalue weighted by atomic mass is 16.3. The highest BCUT2D eigenvalue weighted by Crippen LogP contribution is 2.63. The molecular formula is C20H21N3O. The van der Waals surface area contributed by atoms with Crippen molar-refractivity contribution in [1.82, 2.24) is 0 Å². The number of phenolic OH excluding ortho intramolecular Hbond substituents is 1. The van der Waals surface area contributed by atoms with Crippen molar-refractivity contribution in [2.24, 2.45) is 28.8 Å². The second kappa shape index (κ2) is 4.90. The van der Waals surface area contributed by atoms with Gasteiger partial charge in [-0.05, 0) is 89.8 Å². The van der Waals surface area contributed by atoms with E-state index in [2.05, 4.69) is 28.2 Å². The Balaban J connectivity index is 1.69. The molecule has 0 aromatic heterocycles. The standard InChI is InChI=1S/C20H21N3O/c21-23-22-20(17-6-12-5-13(8-17)9-18(20)7-12)16-3-1-15-11-19(24)4-2-14(15)10-16/h1-4,10-13,17-18,24H,5-9H2. The molecule has 4 bridgehead atoms. The Kier molecular flexibility index (Phi) is 2.90. The van der Waals surface area contributed by atoms with E-state index in [1.165, 1.54) is 37.7 Å². The second-order valence-electron chi connectivity index (χ2n) is 8.07. The predicted molar refractivity (Wildman–Crippen MR) is 93.5 cm³/mol. The molecule has 4 aliphatic carbocycles. The van der Waals surface area contributed by atoms with Crippen LogP contribution in [0.25, 0.3) is 21.2 Å². The number of phenols is 1. The minimum atomic E-state index is -0.367. The van der Waals surface area contributed by atoms with Crippen LogP contribution in [-0.2, 0) is 5.54 Å². The number of hydrogen-bond acceptors (Lipinski definition) is 2. The SMILES string of the molecule is [N-]=[N+]=NC1(c2ccc3cc(O)ccc3c2)C2CC3CC(C2)CC1C3. The summed E-state index contributed by atoms with van der Waals surface area (Å²) in [6.07, 6.45) is 6.22. The summed E-state index contributed by atoms with van der Waals surface area (Å²) in [6, 6.07) is 11.8. The van der Waals surface area contributed by atoms with Crippen molar-refractivity contribution >= 4 is 10.8 Å². The van der Waals surface area contributed by atoms with E-state index in [0.29, 0.717) is 11.8 Å². The maximum absolute atomic E-state index is 9.68. The molecule has 0 heterocycles. The molecule has 2 aromatic rings. The summed E-state index contributed by atoms with van der Waals surface area (Å²) < 4.78 is 0. The molecule has 0 radical (unpaired) electrons. The van der Waals surface area contributed by atoms with Crippen LogP contribution in [0, 0.1) is 23.7 Å². The van der Waals surface area contributed by atoms with Crippen molar-refractivity contribution in [1.29, 1.82) is 0 Å². The van der Waals surface area contributed by atoms with Gasteiger partial charge in [0.15, 0.2) is 0 Å². The molecule has 0 spiro atoms. The zero-order valence-electron chi connectivity index (χ0n) is 13.6. The van der Waals surface area contributed by atoms with E-state index < -0.39 is 0 Å². The zero-order chi connectivity index (χ0) is 16.3. The Labute approximate surface area is 141 Å². The Morgan fingerprint density at radius 1 is 0.917 bits per heavy atom. The Hall–Kier alpha value is -2.19. The largest absolute Gasteiger partial charge is 0.508 e. The maximum Gasteiger partial charge on any atom is 0.116 e.